The lowest BCUT2D eigenvalue weighted by atomic mass is 10.0. The van der Waals surface area contributed by atoms with Crippen LogP contribution in [0.1, 0.15) is 38.4 Å². The van der Waals surface area contributed by atoms with Crippen molar-refractivity contribution in [3.05, 3.63) is 21.1 Å². The maximum absolute atomic E-state index is 5.11. The zero-order valence-electron chi connectivity index (χ0n) is 7.80. The van der Waals surface area contributed by atoms with E-state index in [2.05, 4.69) is 39.7 Å². The van der Waals surface area contributed by atoms with Crippen LogP contribution in [-0.2, 0) is 0 Å². The van der Waals surface area contributed by atoms with Gasteiger partial charge in [-0.05, 0) is 28.8 Å². The summed E-state index contributed by atoms with van der Waals surface area (Å²) in [5.74, 6) is 1.49. The average Bonchev–Trinajstić information content (AvgIpc) is 2.13. The van der Waals surface area contributed by atoms with E-state index in [0.717, 1.165) is 27.8 Å². The van der Waals surface area contributed by atoms with Crippen LogP contribution in [0.25, 0.3) is 0 Å². The van der Waals surface area contributed by atoms with Gasteiger partial charge in [-0.3, -0.25) is 0 Å². The van der Waals surface area contributed by atoms with E-state index in [1.807, 2.05) is 0 Å². The van der Waals surface area contributed by atoms with Crippen molar-refractivity contribution in [1.29, 1.82) is 0 Å². The van der Waals surface area contributed by atoms with Crippen molar-refractivity contribution in [2.75, 3.05) is 0 Å². The Morgan fingerprint density at radius 1 is 1.54 bits per heavy atom. The predicted molar refractivity (Wildman–Crippen MR) is 60.4 cm³/mol. The molecular formula is C9H13BrN2S. The highest BCUT2D eigenvalue weighted by atomic mass is 79.9. The van der Waals surface area contributed by atoms with Gasteiger partial charge in [0.25, 0.3) is 0 Å². The number of nitrogens with zero attached hydrogens (tertiary/aromatic N) is 1. The summed E-state index contributed by atoms with van der Waals surface area (Å²) in [5.41, 5.74) is 0. The molecule has 72 valence electrons. The van der Waals surface area contributed by atoms with E-state index in [9.17, 15) is 0 Å². The normalized spacial score (nSPS) is 10.8. The van der Waals surface area contributed by atoms with E-state index >= 15 is 0 Å². The fraction of sp³-hybridized carbons (Fsp3) is 0.556. The lowest BCUT2D eigenvalue weighted by Crippen LogP contribution is -2.02. The van der Waals surface area contributed by atoms with Crippen molar-refractivity contribution in [2.45, 2.75) is 32.6 Å². The Kier molecular flexibility index (Phi) is 4.06. The second-order valence-electron chi connectivity index (χ2n) is 2.96. The molecular weight excluding hydrogens is 248 g/mol. The van der Waals surface area contributed by atoms with E-state index in [-0.39, 0.29) is 0 Å². The third-order valence-electron chi connectivity index (χ3n) is 2.15. The Balaban J connectivity index is 3.02. The number of halogens is 1. The van der Waals surface area contributed by atoms with Crippen LogP contribution in [-0.4, -0.2) is 9.97 Å². The smallest absolute Gasteiger partial charge is 0.120 e. The summed E-state index contributed by atoms with van der Waals surface area (Å²) in [5, 5.41) is 0. The molecule has 1 N–H and O–H groups in total. The summed E-state index contributed by atoms with van der Waals surface area (Å²) in [6, 6.07) is 0. The second kappa shape index (κ2) is 4.86. The molecule has 0 saturated carbocycles. The molecule has 0 bridgehead atoms. The first-order chi connectivity index (χ1) is 6.19. The molecule has 1 aromatic rings. The first kappa shape index (κ1) is 10.9. The highest BCUT2D eigenvalue weighted by molar-refractivity contribution is 9.10. The molecule has 4 heteroatoms. The van der Waals surface area contributed by atoms with Crippen molar-refractivity contribution in [1.82, 2.24) is 9.97 Å². The standard InChI is InChI=1S/C9H13BrN2S/c1-3-6(4-2)8-11-5-7(10)9(13)12-8/h5-6H,3-4H2,1-2H3,(H,11,12,13). The summed E-state index contributed by atoms with van der Waals surface area (Å²) in [7, 11) is 0. The molecule has 0 amide bonds. The predicted octanol–water partition coefficient (Wildman–Crippen LogP) is 3.81. The second-order valence-corrected chi connectivity index (χ2v) is 4.22. The van der Waals surface area contributed by atoms with Gasteiger partial charge in [-0.25, -0.2) is 4.98 Å². The van der Waals surface area contributed by atoms with Gasteiger partial charge in [-0.15, -0.1) is 0 Å². The van der Waals surface area contributed by atoms with Gasteiger partial charge in [0.15, 0.2) is 0 Å². The van der Waals surface area contributed by atoms with E-state index in [0.29, 0.717) is 5.92 Å². The lowest BCUT2D eigenvalue weighted by Gasteiger charge is -2.10. The Morgan fingerprint density at radius 3 is 2.62 bits per heavy atom. The number of hydrogen-bond acceptors (Lipinski definition) is 2. The van der Waals surface area contributed by atoms with Crippen LogP contribution in [0.15, 0.2) is 10.7 Å². The molecule has 0 radical (unpaired) electrons. The zero-order chi connectivity index (χ0) is 9.84. The number of aromatic nitrogens is 2. The summed E-state index contributed by atoms with van der Waals surface area (Å²) in [6.07, 6.45) is 3.96. The Hall–Kier alpha value is -0.220. The van der Waals surface area contributed by atoms with E-state index in [1.165, 1.54) is 0 Å². The number of rotatable bonds is 3. The van der Waals surface area contributed by atoms with Gasteiger partial charge in [-0.2, -0.15) is 0 Å². The van der Waals surface area contributed by atoms with Crippen molar-refractivity contribution in [2.24, 2.45) is 0 Å². The summed E-state index contributed by atoms with van der Waals surface area (Å²) in [6.45, 7) is 4.32. The van der Waals surface area contributed by atoms with Crippen molar-refractivity contribution >= 4 is 28.1 Å². The molecule has 0 aliphatic heterocycles. The Bertz CT molecular complexity index is 331. The molecule has 0 aliphatic rings. The minimum absolute atomic E-state index is 0.495. The van der Waals surface area contributed by atoms with Crippen LogP contribution in [0.5, 0.6) is 0 Å². The minimum atomic E-state index is 0.495. The highest BCUT2D eigenvalue weighted by Gasteiger charge is 2.08. The van der Waals surface area contributed by atoms with Crippen LogP contribution < -0.4 is 0 Å². The molecule has 0 spiro atoms. The summed E-state index contributed by atoms with van der Waals surface area (Å²) >= 11 is 8.44. The summed E-state index contributed by atoms with van der Waals surface area (Å²) < 4.78 is 1.59. The number of nitrogens with one attached hydrogen (secondary N) is 1. The van der Waals surface area contributed by atoms with E-state index < -0.39 is 0 Å². The number of hydrogen-bond donors (Lipinski definition) is 1. The van der Waals surface area contributed by atoms with Crippen molar-refractivity contribution < 1.29 is 0 Å². The zero-order valence-corrected chi connectivity index (χ0v) is 10.2. The molecule has 1 heterocycles. The largest absolute Gasteiger partial charge is 0.334 e. The van der Waals surface area contributed by atoms with Gasteiger partial charge in [-0.1, -0.05) is 26.1 Å². The molecule has 13 heavy (non-hydrogen) atoms. The van der Waals surface area contributed by atoms with Gasteiger partial charge >= 0.3 is 0 Å². The Morgan fingerprint density at radius 2 is 2.15 bits per heavy atom. The molecule has 0 fully saturated rings. The number of H-pyrrole nitrogens is 1. The molecule has 0 saturated heterocycles. The SMILES string of the molecule is CCC(CC)c1ncc(Br)c(=S)[nH]1. The van der Waals surface area contributed by atoms with Crippen LogP contribution >= 0.6 is 28.1 Å². The van der Waals surface area contributed by atoms with Crippen molar-refractivity contribution in [3.63, 3.8) is 0 Å². The molecule has 0 aliphatic carbocycles. The van der Waals surface area contributed by atoms with Gasteiger partial charge < -0.3 is 4.98 Å². The van der Waals surface area contributed by atoms with Gasteiger partial charge in [0.05, 0.1) is 4.47 Å². The summed E-state index contributed by atoms with van der Waals surface area (Å²) in [4.78, 5) is 7.45. The van der Waals surface area contributed by atoms with Crippen LogP contribution in [0.4, 0.5) is 0 Å². The minimum Gasteiger partial charge on any atom is -0.334 e. The average molecular weight is 261 g/mol. The lowest BCUT2D eigenvalue weighted by molar-refractivity contribution is 0.600. The van der Waals surface area contributed by atoms with Gasteiger partial charge in [0.2, 0.25) is 0 Å². The first-order valence-corrected chi connectivity index (χ1v) is 5.63. The first-order valence-electron chi connectivity index (χ1n) is 4.43. The van der Waals surface area contributed by atoms with Crippen molar-refractivity contribution in [3.8, 4) is 0 Å². The topological polar surface area (TPSA) is 28.7 Å². The quantitative estimate of drug-likeness (QED) is 0.838. The monoisotopic (exact) mass is 260 g/mol. The van der Waals surface area contributed by atoms with Crippen LogP contribution in [0.2, 0.25) is 0 Å². The molecule has 2 nitrogen and oxygen atoms in total. The van der Waals surface area contributed by atoms with Crippen LogP contribution in [0.3, 0.4) is 0 Å². The van der Waals surface area contributed by atoms with Gasteiger partial charge in [0.1, 0.15) is 10.5 Å². The molecule has 1 rings (SSSR count). The third kappa shape index (κ3) is 2.61. The van der Waals surface area contributed by atoms with Crippen LogP contribution in [0, 0.1) is 4.64 Å². The number of aromatic amines is 1. The highest BCUT2D eigenvalue weighted by Crippen LogP contribution is 2.20. The Labute approximate surface area is 91.9 Å². The molecule has 0 atom stereocenters. The van der Waals surface area contributed by atoms with E-state index in [4.69, 9.17) is 12.2 Å². The maximum Gasteiger partial charge on any atom is 0.120 e. The fourth-order valence-corrected chi connectivity index (χ4v) is 1.63. The molecule has 1 aromatic heterocycles. The third-order valence-corrected chi connectivity index (χ3v) is 3.33. The fourth-order valence-electron chi connectivity index (χ4n) is 1.28. The van der Waals surface area contributed by atoms with E-state index in [1.54, 1.807) is 6.20 Å². The molecule has 0 aromatic carbocycles. The van der Waals surface area contributed by atoms with Gasteiger partial charge in [0, 0.05) is 12.1 Å². The maximum atomic E-state index is 5.11. The molecule has 0 unspecified atom stereocenters.